The van der Waals surface area contributed by atoms with Gasteiger partial charge in [-0.2, -0.15) is 13.2 Å². The molecule has 0 amide bonds. The lowest BCUT2D eigenvalue weighted by atomic mass is 9.97. The van der Waals surface area contributed by atoms with E-state index in [4.69, 9.17) is 9.84 Å². The first-order chi connectivity index (χ1) is 10.5. The number of nitrogens with zero attached hydrogens (tertiary/aromatic N) is 1. The minimum atomic E-state index is -5.05. The van der Waals surface area contributed by atoms with E-state index in [9.17, 15) is 26.7 Å². The van der Waals surface area contributed by atoms with E-state index in [1.54, 1.807) is 0 Å². The molecule has 1 aromatic heterocycles. The molecule has 1 aliphatic rings. The second kappa shape index (κ2) is 5.76. The Kier molecular flexibility index (Phi) is 4.29. The number of hydrogen-bond donors (Lipinski definition) is 2. The molecule has 1 aromatic rings. The number of aliphatic hydroxyl groups excluding tert-OH is 1. The van der Waals surface area contributed by atoms with Crippen LogP contribution < -0.4 is 10.3 Å². The monoisotopic (exact) mass is 338 g/mol. The van der Waals surface area contributed by atoms with Gasteiger partial charge in [-0.25, -0.2) is 13.8 Å². The summed E-state index contributed by atoms with van der Waals surface area (Å²) >= 11 is 0. The predicted molar refractivity (Wildman–Crippen MR) is 68.0 cm³/mol. The van der Waals surface area contributed by atoms with Gasteiger partial charge in [0, 0.05) is 0 Å². The summed E-state index contributed by atoms with van der Waals surface area (Å²) in [6.45, 7) is -0.0557. The van der Waals surface area contributed by atoms with Gasteiger partial charge in [-0.3, -0.25) is 4.79 Å². The molecular weight excluding hydrogens is 327 g/mol. The number of aromatic amines is 1. The van der Waals surface area contributed by atoms with Crippen molar-refractivity contribution >= 4 is 0 Å². The molecule has 0 aliphatic heterocycles. The van der Waals surface area contributed by atoms with Crippen LogP contribution in [-0.2, 0) is 12.8 Å². The molecule has 0 saturated heterocycles. The molecule has 0 saturated carbocycles. The Morgan fingerprint density at radius 1 is 1.48 bits per heavy atom. The second-order valence-corrected chi connectivity index (χ2v) is 4.91. The van der Waals surface area contributed by atoms with E-state index < -0.39 is 53.2 Å². The highest BCUT2D eigenvalue weighted by molar-refractivity contribution is 5.34. The number of ether oxygens (including phenoxy) is 1. The quantitative estimate of drug-likeness (QED) is 0.829. The maximum Gasteiger partial charge on any atom is 0.437 e. The van der Waals surface area contributed by atoms with Crippen molar-refractivity contribution in [3.05, 3.63) is 45.9 Å². The van der Waals surface area contributed by atoms with E-state index >= 15 is 0 Å². The SMILES string of the molecule is CC1(F)C=C(Oc2c(C(F)(F)F)nc(CO)[nH]c2=O)C=CC1F. The summed E-state index contributed by atoms with van der Waals surface area (Å²) in [5.41, 5.74) is -5.48. The van der Waals surface area contributed by atoms with E-state index in [1.807, 2.05) is 4.98 Å². The molecule has 0 radical (unpaired) electrons. The molecule has 0 spiro atoms. The van der Waals surface area contributed by atoms with Gasteiger partial charge in [-0.1, -0.05) is 0 Å². The zero-order valence-corrected chi connectivity index (χ0v) is 11.6. The average Bonchev–Trinajstić information content (AvgIpc) is 2.43. The highest BCUT2D eigenvalue weighted by Gasteiger charge is 2.40. The lowest BCUT2D eigenvalue weighted by Crippen LogP contribution is -2.31. The number of aliphatic hydroxyl groups is 1. The van der Waals surface area contributed by atoms with Crippen LogP contribution in [0.2, 0.25) is 0 Å². The van der Waals surface area contributed by atoms with Crippen LogP contribution in [-0.4, -0.2) is 26.9 Å². The van der Waals surface area contributed by atoms with Crippen molar-refractivity contribution in [3.63, 3.8) is 0 Å². The molecule has 1 heterocycles. The molecule has 1 aliphatic carbocycles. The van der Waals surface area contributed by atoms with Gasteiger partial charge in [0.2, 0.25) is 5.75 Å². The van der Waals surface area contributed by atoms with Gasteiger partial charge < -0.3 is 14.8 Å². The zero-order chi connectivity index (χ0) is 17.4. The van der Waals surface area contributed by atoms with Crippen LogP contribution in [0.15, 0.2) is 28.8 Å². The summed E-state index contributed by atoms with van der Waals surface area (Å²) in [6.07, 6.45) is -4.76. The number of halogens is 5. The third-order valence-electron chi connectivity index (χ3n) is 2.96. The van der Waals surface area contributed by atoms with Crippen LogP contribution in [0, 0.1) is 0 Å². The molecule has 2 rings (SSSR count). The highest BCUT2D eigenvalue weighted by Crippen LogP contribution is 2.35. The Balaban J connectivity index is 2.49. The lowest BCUT2D eigenvalue weighted by Gasteiger charge is -2.23. The molecule has 126 valence electrons. The van der Waals surface area contributed by atoms with Crippen molar-refractivity contribution in [1.29, 1.82) is 0 Å². The zero-order valence-electron chi connectivity index (χ0n) is 11.6. The van der Waals surface area contributed by atoms with E-state index in [2.05, 4.69) is 4.98 Å². The fourth-order valence-electron chi connectivity index (χ4n) is 1.83. The third kappa shape index (κ3) is 3.58. The van der Waals surface area contributed by atoms with E-state index in [1.165, 1.54) is 0 Å². The Bertz CT molecular complexity index is 721. The molecule has 2 atom stereocenters. The van der Waals surface area contributed by atoms with Crippen molar-refractivity contribution in [2.24, 2.45) is 0 Å². The number of hydrogen-bond acceptors (Lipinski definition) is 4. The Morgan fingerprint density at radius 3 is 2.65 bits per heavy atom. The van der Waals surface area contributed by atoms with Crippen LogP contribution in [0.3, 0.4) is 0 Å². The summed E-state index contributed by atoms with van der Waals surface area (Å²) in [5.74, 6) is -2.31. The number of H-pyrrole nitrogens is 1. The minimum absolute atomic E-state index is 0.474. The predicted octanol–water partition coefficient (Wildman–Crippen LogP) is 2.18. The lowest BCUT2D eigenvalue weighted by molar-refractivity contribution is -0.142. The maximum absolute atomic E-state index is 13.8. The summed E-state index contributed by atoms with van der Waals surface area (Å²) in [7, 11) is 0. The molecule has 2 N–H and O–H groups in total. The van der Waals surface area contributed by atoms with Crippen LogP contribution in [0.5, 0.6) is 5.75 Å². The van der Waals surface area contributed by atoms with Crippen LogP contribution in [0.4, 0.5) is 22.0 Å². The first-order valence-electron chi connectivity index (χ1n) is 6.27. The molecule has 2 unspecified atom stereocenters. The van der Waals surface area contributed by atoms with Crippen LogP contribution in [0.25, 0.3) is 0 Å². The third-order valence-corrected chi connectivity index (χ3v) is 2.96. The summed E-state index contributed by atoms with van der Waals surface area (Å²) in [4.78, 5) is 16.7. The molecule has 0 bridgehead atoms. The maximum atomic E-state index is 13.8. The number of aromatic nitrogens is 2. The van der Waals surface area contributed by atoms with Crippen molar-refractivity contribution in [2.45, 2.75) is 31.5 Å². The highest BCUT2D eigenvalue weighted by atomic mass is 19.4. The van der Waals surface area contributed by atoms with Gasteiger partial charge >= 0.3 is 6.18 Å². The molecule has 0 aromatic carbocycles. The van der Waals surface area contributed by atoms with Crippen LogP contribution >= 0.6 is 0 Å². The van der Waals surface area contributed by atoms with Crippen molar-refractivity contribution < 1.29 is 31.8 Å². The van der Waals surface area contributed by atoms with Gasteiger partial charge in [0.15, 0.2) is 17.5 Å². The van der Waals surface area contributed by atoms with Crippen molar-refractivity contribution in [1.82, 2.24) is 9.97 Å². The van der Waals surface area contributed by atoms with Gasteiger partial charge in [0.1, 0.15) is 18.2 Å². The molecular formula is C13H11F5N2O3. The summed E-state index contributed by atoms with van der Waals surface area (Å²) < 4.78 is 70.8. The number of nitrogens with one attached hydrogen (secondary N) is 1. The van der Waals surface area contributed by atoms with Gasteiger partial charge in [-0.15, -0.1) is 0 Å². The smallest absolute Gasteiger partial charge is 0.437 e. The summed E-state index contributed by atoms with van der Waals surface area (Å²) in [5, 5.41) is 8.81. The molecule has 23 heavy (non-hydrogen) atoms. The topological polar surface area (TPSA) is 75.2 Å². The Morgan fingerprint density at radius 2 is 2.13 bits per heavy atom. The van der Waals surface area contributed by atoms with Crippen molar-refractivity contribution in [3.8, 4) is 5.75 Å². The first-order valence-corrected chi connectivity index (χ1v) is 6.27. The van der Waals surface area contributed by atoms with Gasteiger partial charge in [-0.05, 0) is 25.2 Å². The van der Waals surface area contributed by atoms with Crippen molar-refractivity contribution in [2.75, 3.05) is 0 Å². The second-order valence-electron chi connectivity index (χ2n) is 4.91. The summed E-state index contributed by atoms with van der Waals surface area (Å²) in [6, 6.07) is 0. The van der Waals surface area contributed by atoms with E-state index in [0.29, 0.717) is 6.08 Å². The largest absolute Gasteiger partial charge is 0.449 e. The minimum Gasteiger partial charge on any atom is -0.449 e. The fourth-order valence-corrected chi connectivity index (χ4v) is 1.83. The number of allylic oxidation sites excluding steroid dienone is 3. The normalized spacial score (nSPS) is 24.5. The number of rotatable bonds is 3. The molecule has 5 nitrogen and oxygen atoms in total. The number of alkyl halides is 5. The molecule has 10 heteroatoms. The van der Waals surface area contributed by atoms with E-state index in [0.717, 1.165) is 19.1 Å². The molecule has 0 fully saturated rings. The Labute approximate surface area is 126 Å². The average molecular weight is 338 g/mol. The van der Waals surface area contributed by atoms with Gasteiger partial charge in [0.05, 0.1) is 0 Å². The standard InChI is InChI=1S/C13H11F5N2O3/c1-12(15)4-6(2-3-7(12)14)23-9-10(13(16,17)18)19-8(5-21)20-11(9)22/h2-4,7,21H,5H2,1H3,(H,19,20,22). The van der Waals surface area contributed by atoms with E-state index in [-0.39, 0.29) is 0 Å². The van der Waals surface area contributed by atoms with Gasteiger partial charge in [0.25, 0.3) is 5.56 Å². The Hall–Kier alpha value is -2.23. The fraction of sp³-hybridized carbons (Fsp3) is 0.385. The first kappa shape index (κ1) is 17.1. The van der Waals surface area contributed by atoms with Crippen LogP contribution in [0.1, 0.15) is 18.4 Å².